The highest BCUT2D eigenvalue weighted by Crippen LogP contribution is 2.38. The Balaban J connectivity index is 2.33. The van der Waals surface area contributed by atoms with Crippen LogP contribution < -0.4 is 5.73 Å². The Kier molecular flexibility index (Phi) is 2.38. The van der Waals surface area contributed by atoms with Crippen LogP contribution in [0.5, 0.6) is 0 Å². The van der Waals surface area contributed by atoms with E-state index in [4.69, 9.17) is 5.73 Å². The van der Waals surface area contributed by atoms with Crippen molar-refractivity contribution in [1.82, 2.24) is 0 Å². The van der Waals surface area contributed by atoms with Crippen LogP contribution >= 0.6 is 0 Å². The van der Waals surface area contributed by atoms with E-state index in [2.05, 4.69) is 26.8 Å². The Morgan fingerprint density at radius 3 is 2.45 bits per heavy atom. The highest BCUT2D eigenvalue weighted by Gasteiger charge is 2.36. The summed E-state index contributed by atoms with van der Waals surface area (Å²) >= 11 is 0. The van der Waals surface area contributed by atoms with Gasteiger partial charge in [0, 0.05) is 5.54 Å². The Labute approximate surface area is 69.7 Å². The lowest BCUT2D eigenvalue weighted by Gasteiger charge is -2.43. The van der Waals surface area contributed by atoms with Gasteiger partial charge in [-0.1, -0.05) is 18.6 Å². The van der Waals surface area contributed by atoms with Crippen LogP contribution in [0, 0.1) is 5.92 Å². The average Bonchev–Trinajstić information content (AvgIpc) is 1.81. The minimum Gasteiger partial charge on any atom is -0.325 e. The second kappa shape index (κ2) is 2.98. The Morgan fingerprint density at radius 1 is 1.55 bits per heavy atom. The molecule has 1 aliphatic rings. The molecular formula is C10H19N. The van der Waals surface area contributed by atoms with Crippen molar-refractivity contribution in [2.24, 2.45) is 11.7 Å². The summed E-state index contributed by atoms with van der Waals surface area (Å²) in [6, 6.07) is 0. The lowest BCUT2D eigenvalue weighted by molar-refractivity contribution is 0.165. The van der Waals surface area contributed by atoms with Crippen LogP contribution in [0.2, 0.25) is 0 Å². The third-order valence-electron chi connectivity index (χ3n) is 2.43. The van der Waals surface area contributed by atoms with Gasteiger partial charge in [0.1, 0.15) is 0 Å². The van der Waals surface area contributed by atoms with Gasteiger partial charge in [0.25, 0.3) is 0 Å². The largest absolute Gasteiger partial charge is 0.325 e. The van der Waals surface area contributed by atoms with Crippen LogP contribution in [-0.4, -0.2) is 5.54 Å². The van der Waals surface area contributed by atoms with Gasteiger partial charge in [-0.05, 0) is 39.0 Å². The third kappa shape index (κ3) is 2.33. The smallest absolute Gasteiger partial charge is 0.0194 e. The Bertz CT molecular complexity index is 160. The predicted octanol–water partition coefficient (Wildman–Crippen LogP) is 2.47. The molecule has 1 fully saturated rings. The molecule has 0 amide bonds. The molecular weight excluding hydrogens is 134 g/mol. The molecule has 1 nitrogen and oxygen atoms in total. The summed E-state index contributed by atoms with van der Waals surface area (Å²) in [6.45, 7) is 6.53. The maximum absolute atomic E-state index is 6.10. The van der Waals surface area contributed by atoms with E-state index >= 15 is 0 Å². The standard InChI is InChI=1S/C10H19N/c1-8(2)4-5-10(11)6-9(3)7-10/h4,9H,5-7,11H2,1-3H3. The SMILES string of the molecule is CC(C)=CCC1(N)CC(C)C1. The molecule has 0 saturated heterocycles. The van der Waals surface area contributed by atoms with Crippen molar-refractivity contribution < 1.29 is 0 Å². The number of nitrogens with two attached hydrogens (primary N) is 1. The van der Waals surface area contributed by atoms with Crippen LogP contribution in [0.1, 0.15) is 40.0 Å². The Morgan fingerprint density at radius 2 is 2.09 bits per heavy atom. The van der Waals surface area contributed by atoms with E-state index in [0.717, 1.165) is 12.3 Å². The van der Waals surface area contributed by atoms with Gasteiger partial charge in [0.2, 0.25) is 0 Å². The summed E-state index contributed by atoms with van der Waals surface area (Å²) in [5.74, 6) is 0.852. The van der Waals surface area contributed by atoms with Gasteiger partial charge in [-0.25, -0.2) is 0 Å². The van der Waals surface area contributed by atoms with Crippen LogP contribution in [0.4, 0.5) is 0 Å². The molecule has 1 rings (SSSR count). The molecule has 0 aromatic carbocycles. The van der Waals surface area contributed by atoms with Gasteiger partial charge >= 0.3 is 0 Å². The molecule has 1 saturated carbocycles. The van der Waals surface area contributed by atoms with Gasteiger partial charge in [0.15, 0.2) is 0 Å². The molecule has 0 aliphatic heterocycles. The van der Waals surface area contributed by atoms with Crippen LogP contribution in [0.15, 0.2) is 11.6 Å². The maximum Gasteiger partial charge on any atom is 0.0194 e. The quantitative estimate of drug-likeness (QED) is 0.606. The molecule has 64 valence electrons. The fourth-order valence-corrected chi connectivity index (χ4v) is 1.90. The van der Waals surface area contributed by atoms with Crippen molar-refractivity contribution in [3.8, 4) is 0 Å². The number of hydrogen-bond acceptors (Lipinski definition) is 1. The minimum absolute atomic E-state index is 0.149. The predicted molar refractivity (Wildman–Crippen MR) is 49.4 cm³/mol. The molecule has 0 aromatic heterocycles. The molecule has 0 atom stereocenters. The van der Waals surface area contributed by atoms with Crippen molar-refractivity contribution in [3.63, 3.8) is 0 Å². The second-order valence-corrected chi connectivity index (χ2v) is 4.36. The molecule has 0 bridgehead atoms. The molecule has 1 heteroatoms. The summed E-state index contributed by atoms with van der Waals surface area (Å²) < 4.78 is 0. The number of hydrogen-bond donors (Lipinski definition) is 1. The van der Waals surface area contributed by atoms with E-state index in [1.54, 1.807) is 0 Å². The van der Waals surface area contributed by atoms with E-state index in [9.17, 15) is 0 Å². The minimum atomic E-state index is 0.149. The summed E-state index contributed by atoms with van der Waals surface area (Å²) in [4.78, 5) is 0. The van der Waals surface area contributed by atoms with Gasteiger partial charge in [0.05, 0.1) is 0 Å². The first-order valence-corrected chi connectivity index (χ1v) is 4.44. The summed E-state index contributed by atoms with van der Waals surface area (Å²) in [7, 11) is 0. The number of rotatable bonds is 2. The lowest BCUT2D eigenvalue weighted by Crippen LogP contribution is -2.50. The molecule has 0 spiro atoms. The average molecular weight is 153 g/mol. The van der Waals surface area contributed by atoms with E-state index in [1.807, 2.05) is 0 Å². The molecule has 0 unspecified atom stereocenters. The normalized spacial score (nSPS) is 36.2. The maximum atomic E-state index is 6.10. The molecule has 2 N–H and O–H groups in total. The van der Waals surface area contributed by atoms with Crippen molar-refractivity contribution in [2.75, 3.05) is 0 Å². The van der Waals surface area contributed by atoms with E-state index in [0.29, 0.717) is 0 Å². The summed E-state index contributed by atoms with van der Waals surface area (Å²) in [6.07, 6.45) is 5.74. The first-order valence-electron chi connectivity index (χ1n) is 4.44. The monoisotopic (exact) mass is 153 g/mol. The van der Waals surface area contributed by atoms with Crippen LogP contribution in [0.3, 0.4) is 0 Å². The molecule has 1 aliphatic carbocycles. The lowest BCUT2D eigenvalue weighted by atomic mass is 9.68. The van der Waals surface area contributed by atoms with Crippen LogP contribution in [0.25, 0.3) is 0 Å². The van der Waals surface area contributed by atoms with E-state index in [1.165, 1.54) is 18.4 Å². The fourth-order valence-electron chi connectivity index (χ4n) is 1.90. The summed E-state index contributed by atoms with van der Waals surface area (Å²) in [5.41, 5.74) is 7.63. The molecule has 0 radical (unpaired) electrons. The second-order valence-electron chi connectivity index (χ2n) is 4.36. The van der Waals surface area contributed by atoms with Gasteiger partial charge in [-0.15, -0.1) is 0 Å². The Hall–Kier alpha value is -0.300. The van der Waals surface area contributed by atoms with E-state index < -0.39 is 0 Å². The van der Waals surface area contributed by atoms with Crippen molar-refractivity contribution in [2.45, 2.75) is 45.6 Å². The van der Waals surface area contributed by atoms with Gasteiger partial charge < -0.3 is 5.73 Å². The van der Waals surface area contributed by atoms with Gasteiger partial charge in [-0.3, -0.25) is 0 Å². The summed E-state index contributed by atoms with van der Waals surface area (Å²) in [5, 5.41) is 0. The van der Waals surface area contributed by atoms with Crippen molar-refractivity contribution >= 4 is 0 Å². The highest BCUT2D eigenvalue weighted by molar-refractivity contribution is 5.05. The van der Waals surface area contributed by atoms with Crippen molar-refractivity contribution in [3.05, 3.63) is 11.6 Å². The molecule has 0 heterocycles. The molecule has 11 heavy (non-hydrogen) atoms. The zero-order valence-corrected chi connectivity index (χ0v) is 7.85. The first kappa shape index (κ1) is 8.79. The fraction of sp³-hybridized carbons (Fsp3) is 0.800. The molecule has 0 aromatic rings. The van der Waals surface area contributed by atoms with Crippen LogP contribution in [-0.2, 0) is 0 Å². The van der Waals surface area contributed by atoms with Crippen molar-refractivity contribution in [1.29, 1.82) is 0 Å². The van der Waals surface area contributed by atoms with E-state index in [-0.39, 0.29) is 5.54 Å². The van der Waals surface area contributed by atoms with Gasteiger partial charge in [-0.2, -0.15) is 0 Å². The first-order chi connectivity index (χ1) is 5.02. The third-order valence-corrected chi connectivity index (χ3v) is 2.43. The number of allylic oxidation sites excluding steroid dienone is 1. The zero-order chi connectivity index (χ0) is 8.48. The topological polar surface area (TPSA) is 26.0 Å². The highest BCUT2D eigenvalue weighted by atomic mass is 14.8. The zero-order valence-electron chi connectivity index (χ0n) is 7.85.